The Morgan fingerprint density at radius 1 is 1.19 bits per heavy atom. The Balaban J connectivity index is 2.05. The molecule has 0 bridgehead atoms. The third kappa shape index (κ3) is 5.67. The minimum absolute atomic E-state index is 0.0133. The lowest BCUT2D eigenvalue weighted by atomic mass is 9.92. The molecule has 0 atom stereocenters. The van der Waals surface area contributed by atoms with E-state index >= 15 is 0 Å². The number of hydrogen-bond donors (Lipinski definition) is 1. The van der Waals surface area contributed by atoms with Gasteiger partial charge in [-0.25, -0.2) is 0 Å². The van der Waals surface area contributed by atoms with Crippen molar-refractivity contribution in [3.8, 4) is 0 Å². The van der Waals surface area contributed by atoms with E-state index < -0.39 is 0 Å². The standard InChI is InChI=1S/C21H30N4O2/c1-15(2)25(20(27)12-16-10-8-7-9-11-16)14-19(26)22-18-13-17(21(3,4)5)23-24(18)6/h7-11,13,15H,12,14H2,1-6H3,(H,22,26). The van der Waals surface area contributed by atoms with Gasteiger partial charge in [0.05, 0.1) is 12.1 Å². The van der Waals surface area contributed by atoms with E-state index in [1.165, 1.54) is 0 Å². The van der Waals surface area contributed by atoms with E-state index in [2.05, 4.69) is 31.2 Å². The van der Waals surface area contributed by atoms with Gasteiger partial charge in [0.25, 0.3) is 0 Å². The van der Waals surface area contributed by atoms with Crippen molar-refractivity contribution in [2.45, 2.75) is 52.5 Å². The zero-order valence-corrected chi connectivity index (χ0v) is 17.1. The highest BCUT2D eigenvalue weighted by molar-refractivity contribution is 5.94. The highest BCUT2D eigenvalue weighted by atomic mass is 16.2. The average molecular weight is 370 g/mol. The first-order valence-electron chi connectivity index (χ1n) is 9.25. The molecule has 2 amide bonds. The van der Waals surface area contributed by atoms with Gasteiger partial charge in [-0.2, -0.15) is 5.10 Å². The van der Waals surface area contributed by atoms with Crippen LogP contribution >= 0.6 is 0 Å². The van der Waals surface area contributed by atoms with E-state index in [1.807, 2.05) is 50.2 Å². The molecule has 0 radical (unpaired) electrons. The van der Waals surface area contributed by atoms with E-state index in [4.69, 9.17) is 0 Å². The molecule has 1 aromatic carbocycles. The lowest BCUT2D eigenvalue weighted by molar-refractivity contribution is -0.135. The minimum Gasteiger partial charge on any atom is -0.331 e. The molecule has 0 saturated heterocycles. The molecule has 0 spiro atoms. The molecule has 0 aliphatic carbocycles. The highest BCUT2D eigenvalue weighted by Gasteiger charge is 2.23. The van der Waals surface area contributed by atoms with Crippen molar-refractivity contribution in [2.75, 3.05) is 11.9 Å². The van der Waals surface area contributed by atoms with Crippen LogP contribution in [0.25, 0.3) is 0 Å². The van der Waals surface area contributed by atoms with Gasteiger partial charge in [0.2, 0.25) is 11.8 Å². The van der Waals surface area contributed by atoms with Crippen LogP contribution in [0.3, 0.4) is 0 Å². The van der Waals surface area contributed by atoms with Crippen molar-refractivity contribution in [3.63, 3.8) is 0 Å². The molecule has 1 heterocycles. The van der Waals surface area contributed by atoms with Crippen LogP contribution in [-0.2, 0) is 28.5 Å². The Morgan fingerprint density at radius 2 is 1.81 bits per heavy atom. The van der Waals surface area contributed by atoms with Crippen LogP contribution in [-0.4, -0.2) is 39.1 Å². The lowest BCUT2D eigenvalue weighted by Gasteiger charge is -2.26. The molecule has 6 heteroatoms. The first-order valence-corrected chi connectivity index (χ1v) is 9.25. The normalized spacial score (nSPS) is 11.5. The molecule has 0 unspecified atom stereocenters. The summed E-state index contributed by atoms with van der Waals surface area (Å²) in [6.07, 6.45) is 0.284. The van der Waals surface area contributed by atoms with Gasteiger partial charge in [-0.1, -0.05) is 51.1 Å². The number of hydrogen-bond acceptors (Lipinski definition) is 3. The average Bonchev–Trinajstić information content (AvgIpc) is 2.94. The predicted molar refractivity (Wildman–Crippen MR) is 108 cm³/mol. The molecular weight excluding hydrogens is 340 g/mol. The largest absolute Gasteiger partial charge is 0.331 e. The number of aryl methyl sites for hydroxylation is 1. The SMILES string of the molecule is CC(C)N(CC(=O)Nc1cc(C(C)(C)C)nn1C)C(=O)Cc1ccccc1. The molecule has 27 heavy (non-hydrogen) atoms. The number of aromatic nitrogens is 2. The zero-order valence-electron chi connectivity index (χ0n) is 17.1. The van der Waals surface area contributed by atoms with E-state index in [0.29, 0.717) is 5.82 Å². The van der Waals surface area contributed by atoms with Crippen LogP contribution < -0.4 is 5.32 Å². The molecule has 6 nitrogen and oxygen atoms in total. The summed E-state index contributed by atoms with van der Waals surface area (Å²) in [5.41, 5.74) is 1.74. The molecule has 1 aromatic heterocycles. The number of nitrogens with zero attached hydrogens (tertiary/aromatic N) is 3. The van der Waals surface area contributed by atoms with Crippen LogP contribution in [0.2, 0.25) is 0 Å². The summed E-state index contributed by atoms with van der Waals surface area (Å²) in [6, 6.07) is 11.4. The Bertz CT molecular complexity index is 788. The molecule has 2 aromatic rings. The second-order valence-corrected chi connectivity index (χ2v) is 8.11. The number of carbonyl (C=O) groups is 2. The number of nitrogens with one attached hydrogen (secondary N) is 1. The van der Waals surface area contributed by atoms with Crippen molar-refractivity contribution >= 4 is 17.6 Å². The van der Waals surface area contributed by atoms with Crippen LogP contribution in [0.4, 0.5) is 5.82 Å². The molecule has 0 fully saturated rings. The van der Waals surface area contributed by atoms with Crippen molar-refractivity contribution in [1.29, 1.82) is 0 Å². The maximum absolute atomic E-state index is 12.7. The fourth-order valence-corrected chi connectivity index (χ4v) is 2.72. The fourth-order valence-electron chi connectivity index (χ4n) is 2.72. The monoisotopic (exact) mass is 370 g/mol. The van der Waals surface area contributed by atoms with Crippen LogP contribution in [0.1, 0.15) is 45.9 Å². The van der Waals surface area contributed by atoms with E-state index in [1.54, 1.807) is 16.6 Å². The van der Waals surface area contributed by atoms with Gasteiger partial charge in [0.15, 0.2) is 0 Å². The van der Waals surface area contributed by atoms with E-state index in [0.717, 1.165) is 11.3 Å². The second-order valence-electron chi connectivity index (χ2n) is 8.11. The number of amides is 2. The minimum atomic E-state index is -0.228. The van der Waals surface area contributed by atoms with Gasteiger partial charge in [-0.15, -0.1) is 0 Å². The van der Waals surface area contributed by atoms with E-state index in [-0.39, 0.29) is 36.2 Å². The van der Waals surface area contributed by atoms with Gasteiger partial charge in [-0.3, -0.25) is 14.3 Å². The van der Waals surface area contributed by atoms with Gasteiger partial charge < -0.3 is 10.2 Å². The van der Waals surface area contributed by atoms with Crippen LogP contribution in [0.15, 0.2) is 36.4 Å². The first kappa shape index (κ1) is 20.7. The topological polar surface area (TPSA) is 67.2 Å². The number of carbonyl (C=O) groups excluding carboxylic acids is 2. The Labute approximate surface area is 161 Å². The fraction of sp³-hybridized carbons (Fsp3) is 0.476. The Morgan fingerprint density at radius 3 is 2.33 bits per heavy atom. The molecule has 2 rings (SSSR count). The molecular formula is C21H30N4O2. The van der Waals surface area contributed by atoms with Gasteiger partial charge in [0, 0.05) is 24.6 Å². The van der Waals surface area contributed by atoms with E-state index in [9.17, 15) is 9.59 Å². The first-order chi connectivity index (χ1) is 12.6. The van der Waals surface area contributed by atoms with Crippen LogP contribution in [0.5, 0.6) is 0 Å². The molecule has 146 valence electrons. The zero-order chi connectivity index (χ0) is 20.2. The second kappa shape index (κ2) is 8.37. The summed E-state index contributed by atoms with van der Waals surface area (Å²) in [4.78, 5) is 26.8. The molecule has 0 aliphatic heterocycles. The summed E-state index contributed by atoms with van der Waals surface area (Å²) in [5, 5.41) is 7.34. The summed E-state index contributed by atoms with van der Waals surface area (Å²) >= 11 is 0. The molecule has 0 aliphatic rings. The smallest absolute Gasteiger partial charge is 0.245 e. The maximum atomic E-state index is 12.7. The van der Waals surface area contributed by atoms with Gasteiger partial charge in [-0.05, 0) is 19.4 Å². The summed E-state index contributed by atoms with van der Waals surface area (Å²) < 4.78 is 1.66. The van der Waals surface area contributed by atoms with Gasteiger partial charge >= 0.3 is 0 Å². The molecule has 1 N–H and O–H groups in total. The maximum Gasteiger partial charge on any atom is 0.245 e. The van der Waals surface area contributed by atoms with Crippen LogP contribution in [0, 0.1) is 0 Å². The quantitative estimate of drug-likeness (QED) is 0.849. The number of benzene rings is 1. The summed E-state index contributed by atoms with van der Waals surface area (Å²) in [7, 11) is 1.80. The van der Waals surface area contributed by atoms with Crippen molar-refractivity contribution in [2.24, 2.45) is 7.05 Å². The summed E-state index contributed by atoms with van der Waals surface area (Å²) in [6.45, 7) is 10.1. The number of rotatable bonds is 6. The Kier molecular flexibility index (Phi) is 6.41. The lowest BCUT2D eigenvalue weighted by Crippen LogP contribution is -2.43. The third-order valence-electron chi connectivity index (χ3n) is 4.37. The highest BCUT2D eigenvalue weighted by Crippen LogP contribution is 2.23. The van der Waals surface area contributed by atoms with Crippen molar-refractivity contribution in [3.05, 3.63) is 47.7 Å². The van der Waals surface area contributed by atoms with Crippen molar-refractivity contribution < 1.29 is 9.59 Å². The predicted octanol–water partition coefficient (Wildman–Crippen LogP) is 3.14. The Hall–Kier alpha value is -2.63. The third-order valence-corrected chi connectivity index (χ3v) is 4.37. The molecule has 0 saturated carbocycles. The summed E-state index contributed by atoms with van der Waals surface area (Å²) in [5.74, 6) is 0.337. The van der Waals surface area contributed by atoms with Crippen molar-refractivity contribution in [1.82, 2.24) is 14.7 Å². The van der Waals surface area contributed by atoms with Gasteiger partial charge in [0.1, 0.15) is 12.4 Å². The number of anilines is 1.